The SMILES string of the molecule is C1=NC2(CO2)Cn2cccc21. The fraction of sp³-hybridized carbons (Fsp3) is 0.375. The maximum absolute atomic E-state index is 5.24. The van der Waals surface area contributed by atoms with Crippen LogP contribution in [0.4, 0.5) is 0 Å². The molecule has 0 bridgehead atoms. The summed E-state index contributed by atoms with van der Waals surface area (Å²) in [5.74, 6) is 0. The largest absolute Gasteiger partial charge is 0.345 e. The highest BCUT2D eigenvalue weighted by atomic mass is 16.6. The van der Waals surface area contributed by atoms with E-state index in [1.54, 1.807) is 0 Å². The van der Waals surface area contributed by atoms with Gasteiger partial charge in [-0.15, -0.1) is 0 Å². The third-order valence-corrected chi connectivity index (χ3v) is 2.19. The molecule has 0 aromatic carbocycles. The van der Waals surface area contributed by atoms with Gasteiger partial charge in [0.1, 0.15) is 6.61 Å². The lowest BCUT2D eigenvalue weighted by Gasteiger charge is -2.14. The van der Waals surface area contributed by atoms with E-state index in [4.69, 9.17) is 4.74 Å². The van der Waals surface area contributed by atoms with Crippen molar-refractivity contribution in [1.29, 1.82) is 0 Å². The molecule has 3 rings (SSSR count). The Bertz CT molecular complexity index is 323. The molecule has 1 unspecified atom stereocenters. The molecule has 3 heterocycles. The average molecular weight is 148 g/mol. The van der Waals surface area contributed by atoms with Crippen molar-refractivity contribution in [2.45, 2.75) is 12.3 Å². The van der Waals surface area contributed by atoms with E-state index >= 15 is 0 Å². The lowest BCUT2D eigenvalue weighted by atomic mass is 10.3. The highest BCUT2D eigenvalue weighted by molar-refractivity contribution is 5.78. The van der Waals surface area contributed by atoms with E-state index in [1.807, 2.05) is 12.3 Å². The number of hydrogen-bond acceptors (Lipinski definition) is 2. The van der Waals surface area contributed by atoms with Crippen LogP contribution in [0.25, 0.3) is 0 Å². The maximum Gasteiger partial charge on any atom is 0.200 e. The molecule has 0 aliphatic carbocycles. The Labute approximate surface area is 64.3 Å². The smallest absolute Gasteiger partial charge is 0.200 e. The first-order chi connectivity index (χ1) is 5.38. The average Bonchev–Trinajstić information content (AvgIpc) is 2.63. The zero-order valence-corrected chi connectivity index (χ0v) is 6.03. The van der Waals surface area contributed by atoms with Crippen LogP contribution >= 0.6 is 0 Å². The van der Waals surface area contributed by atoms with Crippen LogP contribution in [0, 0.1) is 0 Å². The van der Waals surface area contributed by atoms with Crippen molar-refractivity contribution in [1.82, 2.24) is 4.57 Å². The number of nitrogens with zero attached hydrogens (tertiary/aromatic N) is 2. The van der Waals surface area contributed by atoms with E-state index in [2.05, 4.69) is 21.8 Å². The van der Waals surface area contributed by atoms with E-state index in [1.165, 1.54) is 5.69 Å². The summed E-state index contributed by atoms with van der Waals surface area (Å²) in [6, 6.07) is 4.08. The number of rotatable bonds is 0. The van der Waals surface area contributed by atoms with Gasteiger partial charge in [0.25, 0.3) is 0 Å². The van der Waals surface area contributed by atoms with Gasteiger partial charge in [0, 0.05) is 12.4 Å². The maximum atomic E-state index is 5.24. The minimum Gasteiger partial charge on any atom is -0.345 e. The lowest BCUT2D eigenvalue weighted by Crippen LogP contribution is -2.22. The van der Waals surface area contributed by atoms with E-state index in [-0.39, 0.29) is 5.72 Å². The molecule has 0 radical (unpaired) electrons. The first-order valence-corrected chi connectivity index (χ1v) is 3.72. The first kappa shape index (κ1) is 5.55. The summed E-state index contributed by atoms with van der Waals surface area (Å²) >= 11 is 0. The molecule has 1 saturated heterocycles. The number of fused-ring (bicyclic) bond motifs is 1. The molecule has 1 spiro atoms. The van der Waals surface area contributed by atoms with Crippen LogP contribution in [0.3, 0.4) is 0 Å². The summed E-state index contributed by atoms with van der Waals surface area (Å²) in [4.78, 5) is 4.32. The third kappa shape index (κ3) is 0.686. The zero-order chi connectivity index (χ0) is 7.31. The van der Waals surface area contributed by atoms with Crippen molar-refractivity contribution in [3.63, 3.8) is 0 Å². The summed E-state index contributed by atoms with van der Waals surface area (Å²) in [6.45, 7) is 1.66. The molecule has 3 nitrogen and oxygen atoms in total. The highest BCUT2D eigenvalue weighted by Gasteiger charge is 2.46. The summed E-state index contributed by atoms with van der Waals surface area (Å²) in [7, 11) is 0. The number of epoxide rings is 1. The van der Waals surface area contributed by atoms with Crippen molar-refractivity contribution in [2.24, 2.45) is 4.99 Å². The minimum absolute atomic E-state index is 0.175. The normalized spacial score (nSPS) is 32.4. The molecule has 56 valence electrons. The minimum atomic E-state index is -0.175. The van der Waals surface area contributed by atoms with Gasteiger partial charge in [-0.05, 0) is 12.1 Å². The van der Waals surface area contributed by atoms with Gasteiger partial charge in [-0.1, -0.05) is 0 Å². The zero-order valence-electron chi connectivity index (χ0n) is 6.03. The van der Waals surface area contributed by atoms with Crippen LogP contribution in [-0.4, -0.2) is 23.1 Å². The molecule has 2 aliphatic heterocycles. The van der Waals surface area contributed by atoms with Gasteiger partial charge in [-0.3, -0.25) is 4.99 Å². The Balaban J connectivity index is 2.10. The number of ether oxygens (including phenoxy) is 1. The van der Waals surface area contributed by atoms with Crippen LogP contribution in [-0.2, 0) is 11.3 Å². The molecule has 0 saturated carbocycles. The van der Waals surface area contributed by atoms with E-state index in [9.17, 15) is 0 Å². The number of aliphatic imine (C=N–C) groups is 1. The molecule has 11 heavy (non-hydrogen) atoms. The number of aromatic nitrogens is 1. The van der Waals surface area contributed by atoms with Gasteiger partial charge < -0.3 is 9.30 Å². The van der Waals surface area contributed by atoms with Gasteiger partial charge in [0.2, 0.25) is 0 Å². The second-order valence-corrected chi connectivity index (χ2v) is 3.05. The molecule has 1 fully saturated rings. The highest BCUT2D eigenvalue weighted by Crippen LogP contribution is 2.33. The standard InChI is InChI=1S/C8H8N2O/c1-2-7-4-9-8(6-11-8)5-10(7)3-1/h1-4H,5-6H2. The van der Waals surface area contributed by atoms with Crippen LogP contribution in [0.1, 0.15) is 5.69 Å². The van der Waals surface area contributed by atoms with Crippen molar-refractivity contribution < 1.29 is 4.74 Å². The van der Waals surface area contributed by atoms with Crippen molar-refractivity contribution in [3.8, 4) is 0 Å². The Morgan fingerprint density at radius 1 is 1.64 bits per heavy atom. The molecule has 1 aromatic heterocycles. The van der Waals surface area contributed by atoms with Crippen molar-refractivity contribution in [3.05, 3.63) is 24.0 Å². The summed E-state index contributed by atoms with van der Waals surface area (Å²) < 4.78 is 7.41. The summed E-state index contributed by atoms with van der Waals surface area (Å²) in [6.07, 6.45) is 3.94. The van der Waals surface area contributed by atoms with Crippen molar-refractivity contribution >= 4 is 6.21 Å². The predicted molar refractivity (Wildman–Crippen MR) is 40.7 cm³/mol. The molecule has 1 aromatic rings. The number of hydrogen-bond donors (Lipinski definition) is 0. The lowest BCUT2D eigenvalue weighted by molar-refractivity contribution is 0.279. The monoisotopic (exact) mass is 148 g/mol. The molecule has 0 N–H and O–H groups in total. The molecular formula is C8H8N2O. The third-order valence-electron chi connectivity index (χ3n) is 2.19. The van der Waals surface area contributed by atoms with E-state index in [0.717, 1.165) is 13.2 Å². The summed E-state index contributed by atoms with van der Waals surface area (Å²) in [5.41, 5.74) is 0.998. The molecule has 0 amide bonds. The molecule has 3 heteroatoms. The van der Waals surface area contributed by atoms with Crippen LogP contribution in [0.15, 0.2) is 23.3 Å². The Morgan fingerprint density at radius 3 is 3.36 bits per heavy atom. The van der Waals surface area contributed by atoms with Gasteiger partial charge in [0.15, 0.2) is 5.72 Å². The quantitative estimate of drug-likeness (QED) is 0.497. The van der Waals surface area contributed by atoms with E-state index in [0.29, 0.717) is 0 Å². The van der Waals surface area contributed by atoms with Gasteiger partial charge >= 0.3 is 0 Å². The molecule has 1 atom stereocenters. The summed E-state index contributed by atoms with van der Waals surface area (Å²) in [5, 5.41) is 0. The second-order valence-electron chi connectivity index (χ2n) is 3.05. The van der Waals surface area contributed by atoms with Gasteiger partial charge in [0.05, 0.1) is 12.2 Å². The van der Waals surface area contributed by atoms with Gasteiger partial charge in [-0.2, -0.15) is 0 Å². The van der Waals surface area contributed by atoms with Crippen molar-refractivity contribution in [2.75, 3.05) is 6.61 Å². The van der Waals surface area contributed by atoms with Crippen LogP contribution in [0.5, 0.6) is 0 Å². The Kier molecular flexibility index (Phi) is 0.786. The first-order valence-electron chi connectivity index (χ1n) is 3.72. The van der Waals surface area contributed by atoms with Crippen LogP contribution in [0.2, 0.25) is 0 Å². The fourth-order valence-corrected chi connectivity index (χ4v) is 1.43. The van der Waals surface area contributed by atoms with Gasteiger partial charge in [-0.25, -0.2) is 0 Å². The van der Waals surface area contributed by atoms with Crippen LogP contribution < -0.4 is 0 Å². The Morgan fingerprint density at radius 2 is 2.55 bits per heavy atom. The predicted octanol–water partition coefficient (Wildman–Crippen LogP) is 0.647. The topological polar surface area (TPSA) is 29.8 Å². The Hall–Kier alpha value is -1.09. The molecule has 2 aliphatic rings. The molecular weight excluding hydrogens is 140 g/mol. The fourth-order valence-electron chi connectivity index (χ4n) is 1.43. The second kappa shape index (κ2) is 1.56. The van der Waals surface area contributed by atoms with E-state index < -0.39 is 0 Å².